The number of amides is 1. The van der Waals surface area contributed by atoms with Gasteiger partial charge in [-0.25, -0.2) is 4.79 Å². The second kappa shape index (κ2) is 6.95. The van der Waals surface area contributed by atoms with E-state index in [-0.39, 0.29) is 12.5 Å². The number of nitrogens with one attached hydrogen (secondary N) is 1. The summed E-state index contributed by atoms with van der Waals surface area (Å²) in [7, 11) is 1.30. The van der Waals surface area contributed by atoms with Gasteiger partial charge in [-0.15, -0.1) is 0 Å². The number of fused-ring (bicyclic) bond motifs is 1. The maximum atomic E-state index is 12.4. The first-order chi connectivity index (χ1) is 11.7. The average Bonchev–Trinajstić information content (AvgIpc) is 3.03. The van der Waals surface area contributed by atoms with Crippen molar-refractivity contribution in [3.63, 3.8) is 0 Å². The second-order valence-electron chi connectivity index (χ2n) is 5.30. The third-order valence-corrected chi connectivity index (χ3v) is 3.72. The van der Waals surface area contributed by atoms with E-state index < -0.39 is 12.0 Å². The molecule has 3 aromatic rings. The summed E-state index contributed by atoms with van der Waals surface area (Å²) in [6.07, 6.45) is 1.71. The Morgan fingerprint density at radius 1 is 1.12 bits per heavy atom. The minimum atomic E-state index is -0.842. The zero-order valence-corrected chi connectivity index (χ0v) is 13.2. The summed E-state index contributed by atoms with van der Waals surface area (Å²) >= 11 is 0. The molecule has 6 nitrogen and oxygen atoms in total. The minimum absolute atomic E-state index is 0.0217. The molecular weight excluding hydrogens is 306 g/mol. The van der Waals surface area contributed by atoms with Gasteiger partial charge in [0.05, 0.1) is 18.8 Å². The van der Waals surface area contributed by atoms with Crippen molar-refractivity contribution >= 4 is 22.8 Å². The van der Waals surface area contributed by atoms with E-state index in [4.69, 9.17) is 4.74 Å². The maximum absolute atomic E-state index is 12.4. The zero-order chi connectivity index (χ0) is 16.9. The van der Waals surface area contributed by atoms with Gasteiger partial charge in [-0.1, -0.05) is 48.5 Å². The number of hydrogen-bond acceptors (Lipinski definition) is 4. The van der Waals surface area contributed by atoms with E-state index in [0.29, 0.717) is 5.56 Å². The molecule has 0 unspecified atom stereocenters. The highest BCUT2D eigenvalue weighted by Gasteiger charge is 2.23. The quantitative estimate of drug-likeness (QED) is 0.730. The van der Waals surface area contributed by atoms with E-state index in [2.05, 4.69) is 10.4 Å². The number of esters is 1. The Morgan fingerprint density at radius 3 is 2.58 bits per heavy atom. The van der Waals surface area contributed by atoms with Crippen molar-refractivity contribution in [3.05, 3.63) is 66.4 Å². The molecule has 24 heavy (non-hydrogen) atoms. The first-order valence-corrected chi connectivity index (χ1v) is 7.51. The number of benzene rings is 2. The fourth-order valence-corrected chi connectivity index (χ4v) is 2.54. The van der Waals surface area contributed by atoms with Crippen molar-refractivity contribution < 1.29 is 14.3 Å². The van der Waals surface area contributed by atoms with Crippen LogP contribution in [0.15, 0.2) is 60.8 Å². The van der Waals surface area contributed by atoms with Gasteiger partial charge in [0, 0.05) is 5.39 Å². The number of hydrogen-bond donors (Lipinski definition) is 1. The monoisotopic (exact) mass is 323 g/mol. The van der Waals surface area contributed by atoms with E-state index in [9.17, 15) is 9.59 Å². The third-order valence-electron chi connectivity index (χ3n) is 3.72. The smallest absolute Gasteiger partial charge is 0.333 e. The Kier molecular flexibility index (Phi) is 4.56. The van der Waals surface area contributed by atoms with Crippen LogP contribution in [0.25, 0.3) is 10.9 Å². The van der Waals surface area contributed by atoms with E-state index in [1.807, 2.05) is 30.3 Å². The van der Waals surface area contributed by atoms with Gasteiger partial charge in [0.25, 0.3) is 0 Å². The van der Waals surface area contributed by atoms with Crippen LogP contribution < -0.4 is 5.32 Å². The van der Waals surface area contributed by atoms with Gasteiger partial charge in [-0.05, 0) is 11.6 Å². The van der Waals surface area contributed by atoms with Gasteiger partial charge in [0.2, 0.25) is 5.91 Å². The van der Waals surface area contributed by atoms with E-state index in [1.165, 1.54) is 7.11 Å². The summed E-state index contributed by atoms with van der Waals surface area (Å²) in [6, 6.07) is 15.8. The summed E-state index contributed by atoms with van der Waals surface area (Å²) in [5, 5.41) is 7.89. The van der Waals surface area contributed by atoms with Gasteiger partial charge in [0.15, 0.2) is 6.04 Å². The Morgan fingerprint density at radius 2 is 1.83 bits per heavy atom. The molecule has 0 spiro atoms. The normalized spacial score (nSPS) is 11.9. The lowest BCUT2D eigenvalue weighted by Gasteiger charge is -2.17. The molecule has 1 aromatic heterocycles. The number of carbonyl (C=O) groups excluding carboxylic acids is 2. The number of para-hydroxylation sites is 1. The Bertz CT molecular complexity index is 858. The van der Waals surface area contributed by atoms with E-state index in [0.717, 1.165) is 10.9 Å². The minimum Gasteiger partial charge on any atom is -0.467 e. The van der Waals surface area contributed by atoms with Crippen LogP contribution in [0, 0.1) is 0 Å². The van der Waals surface area contributed by atoms with E-state index >= 15 is 0 Å². The molecule has 0 saturated heterocycles. The summed E-state index contributed by atoms with van der Waals surface area (Å²) in [5.41, 5.74) is 1.53. The van der Waals surface area contributed by atoms with Crippen LogP contribution in [0.5, 0.6) is 0 Å². The molecule has 6 heteroatoms. The highest BCUT2D eigenvalue weighted by Crippen LogP contribution is 2.15. The number of rotatable bonds is 5. The lowest BCUT2D eigenvalue weighted by Crippen LogP contribution is -2.36. The molecule has 1 heterocycles. The molecule has 0 aliphatic heterocycles. The summed E-state index contributed by atoms with van der Waals surface area (Å²) in [5.74, 6) is -0.831. The molecule has 3 rings (SSSR count). The predicted molar refractivity (Wildman–Crippen MR) is 89.1 cm³/mol. The van der Waals surface area contributed by atoms with Gasteiger partial charge >= 0.3 is 5.97 Å². The Labute approximate surface area is 139 Å². The van der Waals surface area contributed by atoms with Gasteiger partial charge in [-0.3, -0.25) is 9.48 Å². The molecule has 0 fully saturated rings. The molecule has 122 valence electrons. The number of carbonyl (C=O) groups is 2. The summed E-state index contributed by atoms with van der Waals surface area (Å²) in [6.45, 7) is 0.0217. The van der Waals surface area contributed by atoms with Crippen molar-refractivity contribution in [1.82, 2.24) is 15.1 Å². The van der Waals surface area contributed by atoms with Crippen LogP contribution in [0.3, 0.4) is 0 Å². The van der Waals surface area contributed by atoms with Crippen LogP contribution in [-0.2, 0) is 20.9 Å². The largest absolute Gasteiger partial charge is 0.467 e. The predicted octanol–water partition coefficient (Wildman–Crippen LogP) is 2.07. The molecule has 1 N–H and O–H groups in total. The maximum Gasteiger partial charge on any atom is 0.333 e. The molecule has 0 radical (unpaired) electrons. The number of ether oxygens (including phenoxy) is 1. The standard InChI is InChI=1S/C18H17N3O3/c1-24-18(23)17(13-7-3-2-4-8-13)20-16(22)12-21-15-10-6-5-9-14(15)11-19-21/h2-11,17H,12H2,1H3,(H,20,22)/t17-/m0/s1. The average molecular weight is 323 g/mol. The molecule has 0 bridgehead atoms. The lowest BCUT2D eigenvalue weighted by atomic mass is 10.1. The van der Waals surface area contributed by atoms with Crippen LogP contribution in [0.1, 0.15) is 11.6 Å². The van der Waals surface area contributed by atoms with Crippen LogP contribution in [0.4, 0.5) is 0 Å². The van der Waals surface area contributed by atoms with Crippen molar-refractivity contribution in [3.8, 4) is 0 Å². The number of aromatic nitrogens is 2. The number of methoxy groups -OCH3 is 1. The van der Waals surface area contributed by atoms with Gasteiger partial charge < -0.3 is 10.1 Å². The highest BCUT2D eigenvalue weighted by atomic mass is 16.5. The van der Waals surface area contributed by atoms with Crippen molar-refractivity contribution in [2.75, 3.05) is 7.11 Å². The fourth-order valence-electron chi connectivity index (χ4n) is 2.54. The van der Waals surface area contributed by atoms with Gasteiger partial charge in [-0.2, -0.15) is 5.10 Å². The summed E-state index contributed by atoms with van der Waals surface area (Å²) < 4.78 is 6.40. The zero-order valence-electron chi connectivity index (χ0n) is 13.2. The summed E-state index contributed by atoms with van der Waals surface area (Å²) in [4.78, 5) is 24.4. The first-order valence-electron chi connectivity index (χ1n) is 7.51. The molecule has 0 aliphatic carbocycles. The molecule has 2 aromatic carbocycles. The molecule has 1 amide bonds. The molecular formula is C18H17N3O3. The highest BCUT2D eigenvalue weighted by molar-refractivity contribution is 5.86. The Hall–Kier alpha value is -3.15. The third kappa shape index (κ3) is 3.27. The van der Waals surface area contributed by atoms with E-state index in [1.54, 1.807) is 35.1 Å². The lowest BCUT2D eigenvalue weighted by molar-refractivity contribution is -0.145. The molecule has 1 atom stereocenters. The van der Waals surface area contributed by atoms with Crippen molar-refractivity contribution in [2.45, 2.75) is 12.6 Å². The SMILES string of the molecule is COC(=O)[C@@H](NC(=O)Cn1ncc2ccccc21)c1ccccc1. The second-order valence-corrected chi connectivity index (χ2v) is 5.30. The van der Waals surface area contributed by atoms with Crippen LogP contribution >= 0.6 is 0 Å². The van der Waals surface area contributed by atoms with Crippen LogP contribution in [-0.4, -0.2) is 28.8 Å². The number of nitrogens with zero attached hydrogens (tertiary/aromatic N) is 2. The molecule has 0 aliphatic rings. The first kappa shape index (κ1) is 15.7. The van der Waals surface area contributed by atoms with Crippen molar-refractivity contribution in [1.29, 1.82) is 0 Å². The van der Waals surface area contributed by atoms with Gasteiger partial charge in [0.1, 0.15) is 6.54 Å². The Balaban J connectivity index is 1.77. The fraction of sp³-hybridized carbons (Fsp3) is 0.167. The van der Waals surface area contributed by atoms with Crippen LogP contribution in [0.2, 0.25) is 0 Å². The van der Waals surface area contributed by atoms with Crippen molar-refractivity contribution in [2.24, 2.45) is 0 Å². The topological polar surface area (TPSA) is 73.2 Å². The molecule has 0 saturated carbocycles.